The lowest BCUT2D eigenvalue weighted by molar-refractivity contribution is -0.146. The molecule has 4 heteroatoms. The predicted molar refractivity (Wildman–Crippen MR) is 96.5 cm³/mol. The van der Waals surface area contributed by atoms with Crippen LogP contribution in [0.3, 0.4) is 0 Å². The number of carbonyl (C=O) groups excluding carboxylic acids is 1. The van der Waals surface area contributed by atoms with Crippen LogP contribution in [0.15, 0.2) is 63.8 Å². The van der Waals surface area contributed by atoms with Gasteiger partial charge in [0, 0.05) is 17.0 Å². The van der Waals surface area contributed by atoms with Crippen molar-refractivity contribution < 1.29 is 13.9 Å². The van der Waals surface area contributed by atoms with Crippen molar-refractivity contribution in [3.05, 3.63) is 81.7 Å². The Hall–Kier alpha value is -2.88. The van der Waals surface area contributed by atoms with Crippen molar-refractivity contribution >= 4 is 16.9 Å². The number of esters is 1. The number of benzene rings is 2. The summed E-state index contributed by atoms with van der Waals surface area (Å²) < 4.78 is 10.7. The largest absolute Gasteiger partial charge is 0.460 e. The van der Waals surface area contributed by atoms with Gasteiger partial charge in [-0.3, -0.25) is 4.79 Å². The van der Waals surface area contributed by atoms with Gasteiger partial charge >= 0.3 is 11.6 Å². The fraction of sp³-hybridized carbons (Fsp3) is 0.238. The first-order valence-corrected chi connectivity index (χ1v) is 8.33. The molecule has 1 aromatic heterocycles. The molecule has 3 aromatic rings. The summed E-state index contributed by atoms with van der Waals surface area (Å²) in [6.45, 7) is 3.93. The summed E-state index contributed by atoms with van der Waals surface area (Å²) >= 11 is 0. The van der Waals surface area contributed by atoms with Gasteiger partial charge in [0.15, 0.2) is 0 Å². The Bertz CT molecular complexity index is 941. The summed E-state index contributed by atoms with van der Waals surface area (Å²) in [6.07, 6.45) is 0.652. The lowest BCUT2D eigenvalue weighted by Crippen LogP contribution is -2.16. The van der Waals surface area contributed by atoms with Crippen LogP contribution in [0.4, 0.5) is 0 Å². The fourth-order valence-electron chi connectivity index (χ4n) is 2.93. The highest BCUT2D eigenvalue weighted by Crippen LogP contribution is 2.23. The molecule has 0 bridgehead atoms. The highest BCUT2D eigenvalue weighted by Gasteiger charge is 2.20. The van der Waals surface area contributed by atoms with Crippen LogP contribution in [0.2, 0.25) is 0 Å². The second-order valence-corrected chi connectivity index (χ2v) is 6.07. The molecule has 0 amide bonds. The molecular formula is C21H20O4. The van der Waals surface area contributed by atoms with Gasteiger partial charge in [0.2, 0.25) is 0 Å². The summed E-state index contributed by atoms with van der Waals surface area (Å²) in [5, 5.41) is 0.783. The highest BCUT2D eigenvalue weighted by molar-refractivity contribution is 5.82. The predicted octanol–water partition coefficient (Wildman–Crippen LogP) is 4.34. The summed E-state index contributed by atoms with van der Waals surface area (Å²) in [4.78, 5) is 24.3. The zero-order chi connectivity index (χ0) is 17.8. The van der Waals surface area contributed by atoms with Gasteiger partial charge in [0.05, 0.1) is 5.92 Å². The van der Waals surface area contributed by atoms with Gasteiger partial charge in [-0.05, 0) is 30.5 Å². The van der Waals surface area contributed by atoms with E-state index in [0.717, 1.165) is 16.5 Å². The molecule has 4 nitrogen and oxygen atoms in total. The smallest absolute Gasteiger partial charge is 0.336 e. The van der Waals surface area contributed by atoms with Crippen molar-refractivity contribution in [3.8, 4) is 0 Å². The zero-order valence-corrected chi connectivity index (χ0v) is 14.3. The van der Waals surface area contributed by atoms with Crippen molar-refractivity contribution in [2.75, 3.05) is 0 Å². The number of aryl methyl sites for hydroxylation is 1. The first-order valence-electron chi connectivity index (χ1n) is 8.33. The second kappa shape index (κ2) is 7.34. The molecule has 1 atom stereocenters. The van der Waals surface area contributed by atoms with Crippen LogP contribution in [0, 0.1) is 6.92 Å². The van der Waals surface area contributed by atoms with Crippen LogP contribution in [0.5, 0.6) is 0 Å². The van der Waals surface area contributed by atoms with Gasteiger partial charge in [0.1, 0.15) is 12.2 Å². The molecule has 0 aliphatic rings. The average molecular weight is 336 g/mol. The van der Waals surface area contributed by atoms with Crippen molar-refractivity contribution in [1.29, 1.82) is 0 Å². The van der Waals surface area contributed by atoms with Gasteiger partial charge in [-0.15, -0.1) is 0 Å². The van der Waals surface area contributed by atoms with Crippen LogP contribution in [0.1, 0.15) is 36.0 Å². The molecule has 0 unspecified atom stereocenters. The Morgan fingerprint density at radius 3 is 2.60 bits per heavy atom. The summed E-state index contributed by atoms with van der Waals surface area (Å²) in [5.74, 6) is -0.600. The number of ether oxygens (including phenoxy) is 1. The summed E-state index contributed by atoms with van der Waals surface area (Å²) in [6, 6.07) is 16.6. The minimum absolute atomic E-state index is 0.0489. The molecule has 2 aromatic carbocycles. The third-order valence-electron chi connectivity index (χ3n) is 4.25. The average Bonchev–Trinajstić information content (AvgIpc) is 2.60. The molecule has 0 saturated heterocycles. The molecule has 0 aliphatic heterocycles. The maximum atomic E-state index is 12.5. The van der Waals surface area contributed by atoms with E-state index in [1.54, 1.807) is 6.07 Å². The van der Waals surface area contributed by atoms with E-state index in [1.807, 2.05) is 56.3 Å². The Morgan fingerprint density at radius 2 is 1.88 bits per heavy atom. The Balaban J connectivity index is 1.82. The van der Waals surface area contributed by atoms with E-state index in [0.29, 0.717) is 17.6 Å². The summed E-state index contributed by atoms with van der Waals surface area (Å²) in [7, 11) is 0. The van der Waals surface area contributed by atoms with E-state index in [4.69, 9.17) is 9.15 Å². The minimum Gasteiger partial charge on any atom is -0.460 e. The maximum Gasteiger partial charge on any atom is 0.336 e. The number of rotatable bonds is 5. The van der Waals surface area contributed by atoms with Crippen molar-refractivity contribution in [2.45, 2.75) is 32.8 Å². The molecule has 128 valence electrons. The number of fused-ring (bicyclic) bond motifs is 1. The van der Waals surface area contributed by atoms with Crippen molar-refractivity contribution in [3.63, 3.8) is 0 Å². The maximum absolute atomic E-state index is 12.5. The van der Waals surface area contributed by atoms with E-state index >= 15 is 0 Å². The first-order chi connectivity index (χ1) is 12.1. The van der Waals surface area contributed by atoms with Crippen molar-refractivity contribution in [2.24, 2.45) is 0 Å². The summed E-state index contributed by atoms with van der Waals surface area (Å²) in [5.41, 5.74) is 2.65. The van der Waals surface area contributed by atoms with Gasteiger partial charge in [-0.1, -0.05) is 49.4 Å². The quantitative estimate of drug-likeness (QED) is 0.514. The molecule has 1 heterocycles. The highest BCUT2D eigenvalue weighted by atomic mass is 16.5. The molecule has 0 saturated carbocycles. The molecule has 0 radical (unpaired) electrons. The number of carbonyl (C=O) groups is 1. The third kappa shape index (κ3) is 3.79. The van der Waals surface area contributed by atoms with Crippen LogP contribution in [-0.4, -0.2) is 5.97 Å². The monoisotopic (exact) mass is 336 g/mol. The lowest BCUT2D eigenvalue weighted by atomic mass is 9.97. The van der Waals surface area contributed by atoms with E-state index in [-0.39, 0.29) is 18.5 Å². The van der Waals surface area contributed by atoms with Gasteiger partial charge in [0.25, 0.3) is 0 Å². The standard InChI is InChI=1S/C21H20O4/c1-3-17(15-7-5-4-6-8-15)21(23)24-13-16-12-20(22)25-19-11-14(2)9-10-18(16)19/h4-12,17H,3,13H2,1-2H3/t17-/m0/s1. The Labute approximate surface area is 146 Å². The molecule has 25 heavy (non-hydrogen) atoms. The molecule has 0 fully saturated rings. The molecule has 0 aliphatic carbocycles. The Kier molecular flexibility index (Phi) is 4.98. The zero-order valence-electron chi connectivity index (χ0n) is 14.3. The van der Waals surface area contributed by atoms with Crippen LogP contribution >= 0.6 is 0 Å². The van der Waals surface area contributed by atoms with Crippen LogP contribution < -0.4 is 5.63 Å². The topological polar surface area (TPSA) is 56.5 Å². The SMILES string of the molecule is CC[C@H](C(=O)OCc1cc(=O)oc2cc(C)ccc12)c1ccccc1. The van der Waals surface area contributed by atoms with Gasteiger partial charge < -0.3 is 9.15 Å². The van der Waals surface area contributed by atoms with Crippen molar-refractivity contribution in [1.82, 2.24) is 0 Å². The van der Waals surface area contributed by atoms with E-state index in [2.05, 4.69) is 0 Å². The minimum atomic E-state index is -0.445. The van der Waals surface area contributed by atoms with Gasteiger partial charge in [-0.2, -0.15) is 0 Å². The normalized spacial score (nSPS) is 12.1. The molecular weight excluding hydrogens is 316 g/mol. The van der Waals surface area contributed by atoms with E-state index in [9.17, 15) is 9.59 Å². The number of hydrogen-bond donors (Lipinski definition) is 0. The molecule has 3 rings (SSSR count). The first kappa shape index (κ1) is 17.0. The molecule has 0 spiro atoms. The van der Waals surface area contributed by atoms with Crippen LogP contribution in [0.25, 0.3) is 11.0 Å². The molecule has 0 N–H and O–H groups in total. The van der Waals surface area contributed by atoms with E-state index in [1.165, 1.54) is 6.07 Å². The number of hydrogen-bond acceptors (Lipinski definition) is 4. The third-order valence-corrected chi connectivity index (χ3v) is 4.25. The van der Waals surface area contributed by atoms with Crippen LogP contribution in [-0.2, 0) is 16.1 Å². The lowest BCUT2D eigenvalue weighted by Gasteiger charge is -2.15. The Morgan fingerprint density at radius 1 is 1.12 bits per heavy atom. The second-order valence-electron chi connectivity index (χ2n) is 6.07. The van der Waals surface area contributed by atoms with E-state index < -0.39 is 5.63 Å². The van der Waals surface area contributed by atoms with Gasteiger partial charge in [-0.25, -0.2) is 4.79 Å². The fourth-order valence-corrected chi connectivity index (χ4v) is 2.93.